The molecule has 0 aromatic carbocycles. The number of esters is 1. The summed E-state index contributed by atoms with van der Waals surface area (Å²) in [6.07, 6.45) is 0.675. The van der Waals surface area contributed by atoms with Gasteiger partial charge in [-0.25, -0.2) is 0 Å². The van der Waals surface area contributed by atoms with Crippen molar-refractivity contribution in [2.75, 3.05) is 6.54 Å². The smallest absolute Gasteiger partial charge is 0.325 e. The molecule has 8 heteroatoms. The summed E-state index contributed by atoms with van der Waals surface area (Å²) in [5.41, 5.74) is -1.02. The van der Waals surface area contributed by atoms with Crippen molar-refractivity contribution in [2.45, 2.75) is 64.4 Å². The lowest BCUT2D eigenvalue weighted by atomic mass is 9.82. The van der Waals surface area contributed by atoms with E-state index in [9.17, 15) is 18.0 Å². The fourth-order valence-electron chi connectivity index (χ4n) is 4.22. The monoisotopic (exact) mass is 359 g/mol. The molecular weight excluding hydrogens is 334 g/mol. The molecule has 0 aromatic rings. The highest BCUT2D eigenvalue weighted by atomic mass is 32.2. The Morgan fingerprint density at radius 3 is 2.67 bits per heavy atom. The highest BCUT2D eigenvalue weighted by Gasteiger charge is 2.72. The topological polar surface area (TPSA) is 98.8 Å². The summed E-state index contributed by atoms with van der Waals surface area (Å²) in [7, 11) is -3.57. The van der Waals surface area contributed by atoms with Gasteiger partial charge in [-0.1, -0.05) is 27.7 Å². The van der Waals surface area contributed by atoms with E-state index in [1.54, 1.807) is 0 Å². The van der Waals surface area contributed by atoms with Crippen molar-refractivity contribution >= 4 is 22.0 Å². The van der Waals surface area contributed by atoms with Gasteiger partial charge in [-0.15, -0.1) is 0 Å². The third-order valence-corrected chi connectivity index (χ3v) is 8.02. The predicted octanol–water partition coefficient (Wildman–Crippen LogP) is 0.978. The second kappa shape index (κ2) is 5.42. The van der Waals surface area contributed by atoms with Gasteiger partial charge in [-0.2, -0.15) is 8.42 Å². The molecule has 3 aliphatic rings. The molecule has 2 saturated carbocycles. The zero-order valence-electron chi connectivity index (χ0n) is 14.5. The lowest BCUT2D eigenvalue weighted by Gasteiger charge is -2.30. The Balaban J connectivity index is 1.60. The average Bonchev–Trinajstić information content (AvgIpc) is 3.00. The SMILES string of the molecule is CCC(C)(C)C(=O)NCC(=O)OC1C2CC3C(C)(C2)C1OS3(=O)=O. The molecule has 1 amide bonds. The molecular formula is C16H25NO6S. The molecule has 1 aliphatic heterocycles. The van der Waals surface area contributed by atoms with Gasteiger partial charge in [0.05, 0.1) is 5.25 Å². The van der Waals surface area contributed by atoms with E-state index in [4.69, 9.17) is 8.92 Å². The number of nitrogens with one attached hydrogen (secondary N) is 1. The van der Waals surface area contributed by atoms with E-state index in [0.717, 1.165) is 0 Å². The molecule has 0 radical (unpaired) electrons. The Hall–Kier alpha value is -1.15. The molecule has 1 heterocycles. The van der Waals surface area contributed by atoms with Crippen molar-refractivity contribution in [3.05, 3.63) is 0 Å². The van der Waals surface area contributed by atoms with Crippen LogP contribution in [0.15, 0.2) is 0 Å². The van der Waals surface area contributed by atoms with Crippen LogP contribution in [-0.2, 0) is 28.6 Å². The second-order valence-corrected chi connectivity index (χ2v) is 9.83. The van der Waals surface area contributed by atoms with Gasteiger partial charge in [0.25, 0.3) is 10.1 Å². The van der Waals surface area contributed by atoms with E-state index in [0.29, 0.717) is 19.3 Å². The highest BCUT2D eigenvalue weighted by molar-refractivity contribution is 7.87. The summed E-state index contributed by atoms with van der Waals surface area (Å²) in [4.78, 5) is 24.1. The number of carbonyl (C=O) groups is 2. The van der Waals surface area contributed by atoms with Gasteiger partial charge in [0.2, 0.25) is 5.91 Å². The Kier molecular flexibility index (Phi) is 3.99. The number of fused-ring (bicyclic) bond motifs is 1. The van der Waals surface area contributed by atoms with Crippen LogP contribution >= 0.6 is 0 Å². The lowest BCUT2D eigenvalue weighted by Crippen LogP contribution is -2.45. The molecule has 2 bridgehead atoms. The van der Waals surface area contributed by atoms with Gasteiger partial charge in [-0.05, 0) is 19.3 Å². The van der Waals surface area contributed by atoms with E-state index in [-0.39, 0.29) is 18.4 Å². The first kappa shape index (κ1) is 17.7. The average molecular weight is 359 g/mol. The maximum absolute atomic E-state index is 12.1. The molecule has 3 rings (SSSR count). The summed E-state index contributed by atoms with van der Waals surface area (Å²) in [6, 6.07) is 0. The fourth-order valence-corrected chi connectivity index (χ4v) is 6.35. The minimum absolute atomic E-state index is 0.00834. The summed E-state index contributed by atoms with van der Waals surface area (Å²) in [5, 5.41) is 2.10. The van der Waals surface area contributed by atoms with Crippen molar-refractivity contribution in [3.8, 4) is 0 Å². The zero-order chi connectivity index (χ0) is 17.9. The van der Waals surface area contributed by atoms with Crippen molar-refractivity contribution in [1.82, 2.24) is 5.32 Å². The van der Waals surface area contributed by atoms with Crippen molar-refractivity contribution < 1.29 is 26.9 Å². The summed E-state index contributed by atoms with van der Waals surface area (Å²) in [6.45, 7) is 7.20. The molecule has 2 aliphatic carbocycles. The van der Waals surface area contributed by atoms with Crippen LogP contribution in [-0.4, -0.2) is 44.3 Å². The standard InChI is InChI=1S/C16H25NO6S/c1-5-15(2,3)14(19)17-8-11(18)22-12-9-6-10-16(4,7-9)13(12)23-24(10,20)21/h9-10,12-13H,5-8H2,1-4H3,(H,17,19). The Morgan fingerprint density at radius 1 is 1.38 bits per heavy atom. The third kappa shape index (κ3) is 2.54. The second-order valence-electron chi connectivity index (χ2n) is 8.08. The minimum atomic E-state index is -3.57. The van der Waals surface area contributed by atoms with E-state index in [1.165, 1.54) is 0 Å². The molecule has 136 valence electrons. The maximum Gasteiger partial charge on any atom is 0.325 e. The lowest BCUT2D eigenvalue weighted by molar-refractivity contribution is -0.157. The van der Waals surface area contributed by atoms with Gasteiger partial charge in [-0.3, -0.25) is 13.8 Å². The molecule has 5 unspecified atom stereocenters. The molecule has 5 atom stereocenters. The molecule has 24 heavy (non-hydrogen) atoms. The van der Waals surface area contributed by atoms with E-state index in [2.05, 4.69) is 5.32 Å². The molecule has 0 aromatic heterocycles. The largest absolute Gasteiger partial charge is 0.458 e. The van der Waals surface area contributed by atoms with Gasteiger partial charge in [0, 0.05) is 16.7 Å². The van der Waals surface area contributed by atoms with Crippen LogP contribution in [0.25, 0.3) is 0 Å². The normalized spacial score (nSPS) is 39.0. The molecule has 1 saturated heterocycles. The summed E-state index contributed by atoms with van der Waals surface area (Å²) >= 11 is 0. The third-order valence-electron chi connectivity index (χ3n) is 6.11. The Morgan fingerprint density at radius 2 is 2.04 bits per heavy atom. The van der Waals surface area contributed by atoms with Crippen LogP contribution in [0.2, 0.25) is 0 Å². The predicted molar refractivity (Wildman–Crippen MR) is 85.4 cm³/mol. The molecule has 7 nitrogen and oxygen atoms in total. The van der Waals surface area contributed by atoms with Crippen molar-refractivity contribution in [1.29, 1.82) is 0 Å². The number of amides is 1. The summed E-state index contributed by atoms with van der Waals surface area (Å²) in [5.74, 6) is -0.753. The maximum atomic E-state index is 12.1. The number of hydrogen-bond donors (Lipinski definition) is 1. The van der Waals surface area contributed by atoms with Crippen molar-refractivity contribution in [3.63, 3.8) is 0 Å². The van der Waals surface area contributed by atoms with Gasteiger partial charge in [0.15, 0.2) is 0 Å². The van der Waals surface area contributed by atoms with Crippen LogP contribution in [0.5, 0.6) is 0 Å². The summed E-state index contributed by atoms with van der Waals surface area (Å²) < 4.78 is 34.8. The minimum Gasteiger partial charge on any atom is -0.458 e. The van der Waals surface area contributed by atoms with Crippen LogP contribution in [0.4, 0.5) is 0 Å². The highest BCUT2D eigenvalue weighted by Crippen LogP contribution is 2.63. The van der Waals surface area contributed by atoms with Crippen LogP contribution < -0.4 is 5.32 Å². The first-order chi connectivity index (χ1) is 11.0. The number of hydrogen-bond acceptors (Lipinski definition) is 6. The van der Waals surface area contributed by atoms with E-state index >= 15 is 0 Å². The van der Waals surface area contributed by atoms with Crippen LogP contribution in [0.1, 0.15) is 47.0 Å². The van der Waals surface area contributed by atoms with E-state index in [1.807, 2.05) is 27.7 Å². The molecule has 0 spiro atoms. The zero-order valence-corrected chi connectivity index (χ0v) is 15.3. The van der Waals surface area contributed by atoms with Crippen molar-refractivity contribution in [2.24, 2.45) is 16.7 Å². The van der Waals surface area contributed by atoms with Gasteiger partial charge >= 0.3 is 5.97 Å². The molecule has 1 N–H and O–H groups in total. The quantitative estimate of drug-likeness (QED) is 0.580. The Labute approximate surface area is 142 Å². The number of carbonyl (C=O) groups excluding carboxylic acids is 2. The number of ether oxygens (including phenoxy) is 1. The van der Waals surface area contributed by atoms with Gasteiger partial charge < -0.3 is 10.1 Å². The van der Waals surface area contributed by atoms with E-state index < -0.39 is 44.4 Å². The number of rotatable bonds is 5. The first-order valence-electron chi connectivity index (χ1n) is 8.41. The van der Waals surface area contributed by atoms with Crippen LogP contribution in [0, 0.1) is 16.7 Å². The van der Waals surface area contributed by atoms with Crippen LogP contribution in [0.3, 0.4) is 0 Å². The van der Waals surface area contributed by atoms with Gasteiger partial charge in [0.1, 0.15) is 18.8 Å². The molecule has 3 fully saturated rings. The fraction of sp³-hybridized carbons (Fsp3) is 0.875. The first-order valence-corrected chi connectivity index (χ1v) is 9.88. The Bertz CT molecular complexity index is 672.